The Bertz CT molecular complexity index is 1480. The molecule has 9 nitrogen and oxygen atoms in total. The summed E-state index contributed by atoms with van der Waals surface area (Å²) >= 11 is 0. The third-order valence-corrected chi connectivity index (χ3v) is 8.31. The minimum atomic E-state index is -1.52. The zero-order chi connectivity index (χ0) is 30.2. The van der Waals surface area contributed by atoms with E-state index >= 15 is 0 Å². The predicted octanol–water partition coefficient (Wildman–Crippen LogP) is 5.91. The fourth-order valence-electron chi connectivity index (χ4n) is 5.90. The minimum Gasteiger partial charge on any atom is -0.493 e. The molecular formula is C33H38O9. The Balaban J connectivity index is 1.79. The van der Waals surface area contributed by atoms with Gasteiger partial charge in [-0.05, 0) is 61.1 Å². The average Bonchev–Trinajstić information content (AvgIpc) is 3.46. The molecule has 0 saturated carbocycles. The zero-order valence-electron chi connectivity index (χ0n) is 25.2. The molecular weight excluding hydrogens is 540 g/mol. The van der Waals surface area contributed by atoms with Crippen LogP contribution >= 0.6 is 0 Å². The third-order valence-electron chi connectivity index (χ3n) is 8.31. The lowest BCUT2D eigenvalue weighted by Gasteiger charge is -2.41. The normalized spacial score (nSPS) is 20.5. The number of benzene rings is 3. The van der Waals surface area contributed by atoms with Gasteiger partial charge in [0.25, 0.3) is 0 Å². The van der Waals surface area contributed by atoms with Crippen molar-refractivity contribution < 1.29 is 43.1 Å². The molecule has 1 aliphatic heterocycles. The summed E-state index contributed by atoms with van der Waals surface area (Å²) in [6.07, 6.45) is 1.20. The summed E-state index contributed by atoms with van der Waals surface area (Å²) in [5.41, 5.74) is 2.51. The molecule has 3 aromatic carbocycles. The van der Waals surface area contributed by atoms with E-state index in [4.69, 9.17) is 33.2 Å². The fourth-order valence-corrected chi connectivity index (χ4v) is 5.90. The number of rotatable bonds is 8. The highest BCUT2D eigenvalue weighted by atomic mass is 16.7. The lowest BCUT2D eigenvalue weighted by molar-refractivity contribution is -0.107. The molecule has 0 amide bonds. The maximum absolute atomic E-state index is 13.7. The molecule has 0 bridgehead atoms. The Kier molecular flexibility index (Phi) is 8.14. The quantitative estimate of drug-likeness (QED) is 0.327. The zero-order valence-corrected chi connectivity index (χ0v) is 25.2. The van der Waals surface area contributed by atoms with Crippen LogP contribution in [0.15, 0.2) is 36.4 Å². The van der Waals surface area contributed by atoms with E-state index < -0.39 is 17.7 Å². The Morgan fingerprint density at radius 2 is 1.64 bits per heavy atom. The maximum atomic E-state index is 13.7. The van der Waals surface area contributed by atoms with Crippen LogP contribution < -0.4 is 28.4 Å². The van der Waals surface area contributed by atoms with Gasteiger partial charge in [0.15, 0.2) is 29.1 Å². The van der Waals surface area contributed by atoms with Gasteiger partial charge in [0.05, 0.1) is 34.0 Å². The first-order valence-electron chi connectivity index (χ1n) is 14.0. The van der Waals surface area contributed by atoms with E-state index in [1.165, 1.54) is 21.3 Å². The number of aliphatic hydroxyl groups is 1. The lowest BCUT2D eigenvalue weighted by atomic mass is 9.73. The van der Waals surface area contributed by atoms with Crippen LogP contribution in [0.4, 0.5) is 0 Å². The van der Waals surface area contributed by atoms with Crippen molar-refractivity contribution in [2.45, 2.75) is 51.7 Å². The Morgan fingerprint density at radius 3 is 2.26 bits per heavy atom. The van der Waals surface area contributed by atoms with Crippen LogP contribution in [0.5, 0.6) is 34.5 Å². The first kappa shape index (κ1) is 29.4. The smallest absolute Gasteiger partial charge is 0.338 e. The molecule has 0 aromatic heterocycles. The number of carbonyl (C=O) groups excluding carboxylic acids is 1. The van der Waals surface area contributed by atoms with Gasteiger partial charge < -0.3 is 38.3 Å². The molecule has 42 heavy (non-hydrogen) atoms. The van der Waals surface area contributed by atoms with Crippen molar-refractivity contribution in [3.05, 3.63) is 58.7 Å². The number of methoxy groups -OCH3 is 4. The average molecular weight is 579 g/mol. The van der Waals surface area contributed by atoms with Gasteiger partial charge in [-0.2, -0.15) is 0 Å². The summed E-state index contributed by atoms with van der Waals surface area (Å²) in [6, 6.07) is 11.0. The number of hydrogen-bond donors (Lipinski definition) is 1. The second-order valence-electron chi connectivity index (χ2n) is 10.9. The Morgan fingerprint density at radius 1 is 0.952 bits per heavy atom. The number of ether oxygens (including phenoxy) is 7. The maximum Gasteiger partial charge on any atom is 0.338 e. The van der Waals surface area contributed by atoms with Gasteiger partial charge in [-0.15, -0.1) is 0 Å². The molecule has 224 valence electrons. The molecule has 1 N–H and O–H groups in total. The molecule has 2 aliphatic rings. The van der Waals surface area contributed by atoms with Crippen molar-refractivity contribution in [2.75, 3.05) is 35.2 Å². The number of esters is 1. The Labute approximate surface area is 246 Å². The molecule has 9 heteroatoms. The van der Waals surface area contributed by atoms with Crippen molar-refractivity contribution in [1.82, 2.24) is 0 Å². The molecule has 5 rings (SSSR count). The molecule has 1 heterocycles. The van der Waals surface area contributed by atoms with E-state index in [0.29, 0.717) is 63.2 Å². The summed E-state index contributed by atoms with van der Waals surface area (Å²) in [7, 11) is 6.11. The van der Waals surface area contributed by atoms with Crippen LogP contribution in [0.2, 0.25) is 0 Å². The topological polar surface area (TPSA) is 102 Å². The fraction of sp³-hybridized carbons (Fsp3) is 0.424. The monoisotopic (exact) mass is 578 g/mol. The standard InChI is InChI=1S/C33H38O9/c1-8-9-19-10-12-20(13-11-19)32(34)42-31-22-16-23(36-4)27(37-5)30(39-7)26(22)25-21(14-18(2)33(31,3)35)15-24-28(29(25)38-6)41-17-40-24/h10-13,15-16,18,31,35H,8-9,14,17H2,1-7H3/t18-,31-,33-/m0/s1. The van der Waals surface area contributed by atoms with Crippen LogP contribution in [0, 0.1) is 5.92 Å². The molecule has 0 saturated heterocycles. The lowest BCUT2D eigenvalue weighted by Crippen LogP contribution is -2.43. The van der Waals surface area contributed by atoms with E-state index in [1.807, 2.05) is 25.1 Å². The van der Waals surface area contributed by atoms with E-state index in [0.717, 1.165) is 24.0 Å². The largest absolute Gasteiger partial charge is 0.493 e. The van der Waals surface area contributed by atoms with Crippen molar-refractivity contribution in [3.8, 4) is 45.6 Å². The summed E-state index contributed by atoms with van der Waals surface area (Å²) in [5, 5.41) is 12.2. The van der Waals surface area contributed by atoms with Gasteiger partial charge in [0, 0.05) is 16.7 Å². The molecule has 0 unspecified atom stereocenters. The highest BCUT2D eigenvalue weighted by molar-refractivity contribution is 5.91. The minimum absolute atomic E-state index is 0.0507. The van der Waals surface area contributed by atoms with Gasteiger partial charge in [0.2, 0.25) is 18.3 Å². The van der Waals surface area contributed by atoms with Crippen molar-refractivity contribution in [2.24, 2.45) is 5.92 Å². The van der Waals surface area contributed by atoms with Gasteiger partial charge in [-0.25, -0.2) is 4.79 Å². The van der Waals surface area contributed by atoms with Crippen molar-refractivity contribution in [3.63, 3.8) is 0 Å². The molecule has 3 aromatic rings. The van der Waals surface area contributed by atoms with Crippen LogP contribution in [-0.4, -0.2) is 51.9 Å². The van der Waals surface area contributed by atoms with E-state index in [1.54, 1.807) is 32.2 Å². The van der Waals surface area contributed by atoms with Crippen LogP contribution in [0.25, 0.3) is 11.1 Å². The van der Waals surface area contributed by atoms with Crippen molar-refractivity contribution in [1.29, 1.82) is 0 Å². The van der Waals surface area contributed by atoms with E-state index in [2.05, 4.69) is 6.92 Å². The highest BCUT2D eigenvalue weighted by Crippen LogP contribution is 2.59. The number of hydrogen-bond acceptors (Lipinski definition) is 9. The van der Waals surface area contributed by atoms with E-state index in [9.17, 15) is 9.90 Å². The van der Waals surface area contributed by atoms with Crippen LogP contribution in [0.1, 0.15) is 60.3 Å². The molecule has 3 atom stereocenters. The van der Waals surface area contributed by atoms with Crippen molar-refractivity contribution >= 4 is 5.97 Å². The first-order chi connectivity index (χ1) is 20.2. The van der Waals surface area contributed by atoms with Gasteiger partial charge in [-0.1, -0.05) is 32.4 Å². The van der Waals surface area contributed by atoms with E-state index in [-0.39, 0.29) is 12.7 Å². The van der Waals surface area contributed by atoms with Gasteiger partial charge in [-0.3, -0.25) is 0 Å². The molecule has 1 aliphatic carbocycles. The molecule has 0 fully saturated rings. The van der Waals surface area contributed by atoms with Gasteiger partial charge >= 0.3 is 5.97 Å². The summed E-state index contributed by atoms with van der Waals surface area (Å²) in [6.45, 7) is 5.76. The Hall–Kier alpha value is -4.11. The summed E-state index contributed by atoms with van der Waals surface area (Å²) < 4.78 is 41.1. The second kappa shape index (κ2) is 11.6. The second-order valence-corrected chi connectivity index (χ2v) is 10.9. The van der Waals surface area contributed by atoms with Crippen LogP contribution in [0.3, 0.4) is 0 Å². The summed E-state index contributed by atoms with van der Waals surface area (Å²) in [4.78, 5) is 13.7. The number of fused-ring (bicyclic) bond motifs is 4. The third kappa shape index (κ3) is 4.85. The first-order valence-corrected chi connectivity index (χ1v) is 14.0. The van der Waals surface area contributed by atoms with Gasteiger partial charge in [0.1, 0.15) is 5.60 Å². The predicted molar refractivity (Wildman–Crippen MR) is 156 cm³/mol. The molecule has 0 spiro atoms. The SMILES string of the molecule is CCCc1ccc(C(=O)O[C@H]2c3cc(OC)c(OC)c(OC)c3-c3c(cc4c(c3OC)OCO4)C[C@H](C)[C@]2(C)O)cc1. The summed E-state index contributed by atoms with van der Waals surface area (Å²) in [5.74, 6) is 1.54. The van der Waals surface area contributed by atoms with Crippen LogP contribution in [-0.2, 0) is 17.6 Å². The number of aryl methyl sites for hydroxylation is 1. The highest BCUT2D eigenvalue weighted by Gasteiger charge is 2.47. The number of carbonyl (C=O) groups is 1. The molecule has 0 radical (unpaired) electrons.